The number of fused-ring (bicyclic) bond motifs is 1. The smallest absolute Gasteiger partial charge is 0.286 e. The van der Waals surface area contributed by atoms with E-state index in [-0.39, 0.29) is 42.5 Å². The topological polar surface area (TPSA) is 114 Å². The molecule has 168 valence electrons. The van der Waals surface area contributed by atoms with Crippen LogP contribution < -0.4 is 19.7 Å². The van der Waals surface area contributed by atoms with Crippen molar-refractivity contribution in [2.24, 2.45) is 0 Å². The first-order valence-electron chi connectivity index (χ1n) is 10.5. The molecule has 0 spiro atoms. The van der Waals surface area contributed by atoms with Crippen LogP contribution in [0.15, 0.2) is 42.5 Å². The molecule has 2 aromatic carbocycles. The van der Waals surface area contributed by atoms with Gasteiger partial charge in [-0.15, -0.1) is 0 Å². The predicted molar refractivity (Wildman–Crippen MR) is 116 cm³/mol. The highest BCUT2D eigenvalue weighted by atomic mass is 16.6. The van der Waals surface area contributed by atoms with Crippen LogP contribution in [0.5, 0.6) is 11.5 Å². The predicted octanol–water partition coefficient (Wildman–Crippen LogP) is 1.83. The molecule has 0 bridgehead atoms. The van der Waals surface area contributed by atoms with E-state index in [0.29, 0.717) is 25.4 Å². The number of anilines is 1. The van der Waals surface area contributed by atoms with Crippen LogP contribution in [0.3, 0.4) is 0 Å². The number of amides is 2. The maximum atomic E-state index is 12.6. The van der Waals surface area contributed by atoms with Crippen LogP contribution in [-0.2, 0) is 4.79 Å². The van der Waals surface area contributed by atoms with Crippen molar-refractivity contribution < 1.29 is 24.0 Å². The van der Waals surface area contributed by atoms with E-state index in [1.165, 1.54) is 12.1 Å². The molecule has 0 unspecified atom stereocenters. The summed E-state index contributed by atoms with van der Waals surface area (Å²) in [5, 5.41) is 14.0. The van der Waals surface area contributed by atoms with Gasteiger partial charge in [0.1, 0.15) is 18.8 Å². The summed E-state index contributed by atoms with van der Waals surface area (Å²) in [5.41, 5.74) is 0.645. The van der Waals surface area contributed by atoms with Gasteiger partial charge in [0.15, 0.2) is 11.5 Å². The lowest BCUT2D eigenvalue weighted by atomic mass is 10.1. The van der Waals surface area contributed by atoms with Gasteiger partial charge >= 0.3 is 0 Å². The quantitative estimate of drug-likeness (QED) is 0.538. The van der Waals surface area contributed by atoms with E-state index >= 15 is 0 Å². The van der Waals surface area contributed by atoms with Gasteiger partial charge in [-0.25, -0.2) is 0 Å². The van der Waals surface area contributed by atoms with Crippen molar-refractivity contribution in [1.82, 2.24) is 10.2 Å². The van der Waals surface area contributed by atoms with Crippen molar-refractivity contribution in [2.45, 2.75) is 6.42 Å². The van der Waals surface area contributed by atoms with Crippen molar-refractivity contribution in [3.05, 3.63) is 58.1 Å². The minimum absolute atomic E-state index is 0.0605. The first kappa shape index (κ1) is 21.4. The third-order valence-corrected chi connectivity index (χ3v) is 5.48. The second-order valence-electron chi connectivity index (χ2n) is 7.48. The zero-order valence-electron chi connectivity index (χ0n) is 17.5. The minimum atomic E-state index is -0.634. The van der Waals surface area contributed by atoms with Gasteiger partial charge in [-0.2, -0.15) is 0 Å². The first-order valence-corrected chi connectivity index (χ1v) is 10.5. The van der Waals surface area contributed by atoms with Crippen molar-refractivity contribution >= 4 is 23.2 Å². The van der Waals surface area contributed by atoms with Gasteiger partial charge < -0.3 is 24.6 Å². The molecule has 2 aliphatic rings. The molecule has 2 aliphatic heterocycles. The largest absolute Gasteiger partial charge is 0.486 e. The average molecular weight is 440 g/mol. The lowest BCUT2D eigenvalue weighted by Crippen LogP contribution is -2.49. The Morgan fingerprint density at radius 3 is 2.31 bits per heavy atom. The van der Waals surface area contributed by atoms with Crippen LogP contribution in [0.1, 0.15) is 16.8 Å². The number of hydrogen-bond acceptors (Lipinski definition) is 7. The fourth-order valence-electron chi connectivity index (χ4n) is 3.80. The highest BCUT2D eigenvalue weighted by molar-refractivity contribution is 5.99. The van der Waals surface area contributed by atoms with E-state index in [1.807, 2.05) is 30.3 Å². The van der Waals surface area contributed by atoms with E-state index in [0.717, 1.165) is 18.8 Å². The Balaban J connectivity index is 1.30. The molecule has 0 aromatic heterocycles. The summed E-state index contributed by atoms with van der Waals surface area (Å²) in [7, 11) is 0. The summed E-state index contributed by atoms with van der Waals surface area (Å²) in [5.74, 6) is -0.159. The molecule has 10 heteroatoms. The molecule has 32 heavy (non-hydrogen) atoms. The third-order valence-electron chi connectivity index (χ3n) is 5.48. The van der Waals surface area contributed by atoms with E-state index in [9.17, 15) is 19.7 Å². The number of nitro benzene ring substituents is 1. The Labute approximate surface area is 184 Å². The van der Waals surface area contributed by atoms with Crippen LogP contribution >= 0.6 is 0 Å². The molecule has 2 amide bonds. The summed E-state index contributed by atoms with van der Waals surface area (Å²) in [6.45, 7) is 3.37. The second-order valence-corrected chi connectivity index (χ2v) is 7.48. The highest BCUT2D eigenvalue weighted by Gasteiger charge is 2.27. The van der Waals surface area contributed by atoms with Gasteiger partial charge in [0.25, 0.3) is 11.6 Å². The molecule has 0 radical (unpaired) electrons. The molecule has 2 aromatic rings. The molecule has 10 nitrogen and oxygen atoms in total. The van der Waals surface area contributed by atoms with Crippen LogP contribution in [-0.4, -0.2) is 67.6 Å². The molecule has 1 saturated heterocycles. The summed E-state index contributed by atoms with van der Waals surface area (Å²) in [6.07, 6.45) is 0.120. The maximum absolute atomic E-state index is 12.6. The number of carbonyl (C=O) groups excluding carboxylic acids is 2. The fourth-order valence-corrected chi connectivity index (χ4v) is 3.80. The number of para-hydroxylation sites is 1. The number of nitrogens with zero attached hydrogens (tertiary/aromatic N) is 3. The fraction of sp³-hybridized carbons (Fsp3) is 0.364. The SMILES string of the molecule is O=C(NCCC(=O)N1CCN(c2ccccc2)CC1)c1cc2c(cc1[N+](=O)[O-])OCCO2. The lowest BCUT2D eigenvalue weighted by Gasteiger charge is -2.36. The van der Waals surface area contributed by atoms with Gasteiger partial charge in [-0.3, -0.25) is 19.7 Å². The van der Waals surface area contributed by atoms with Crippen LogP contribution in [0.25, 0.3) is 0 Å². The zero-order valence-corrected chi connectivity index (χ0v) is 17.5. The number of nitrogens with one attached hydrogen (secondary N) is 1. The van der Waals surface area contributed by atoms with Crippen molar-refractivity contribution in [3.63, 3.8) is 0 Å². The normalized spacial score (nSPS) is 15.2. The number of hydrogen-bond donors (Lipinski definition) is 1. The Morgan fingerprint density at radius 1 is 1.00 bits per heavy atom. The number of nitro groups is 1. The highest BCUT2D eigenvalue weighted by Crippen LogP contribution is 2.36. The summed E-state index contributed by atoms with van der Waals surface area (Å²) >= 11 is 0. The minimum Gasteiger partial charge on any atom is -0.486 e. The van der Waals surface area contributed by atoms with E-state index in [2.05, 4.69) is 10.2 Å². The van der Waals surface area contributed by atoms with Gasteiger partial charge in [-0.05, 0) is 12.1 Å². The lowest BCUT2D eigenvalue weighted by molar-refractivity contribution is -0.385. The molecular formula is C22H24N4O6. The second kappa shape index (κ2) is 9.54. The summed E-state index contributed by atoms with van der Waals surface area (Å²) in [4.78, 5) is 39.9. The first-order chi connectivity index (χ1) is 15.5. The van der Waals surface area contributed by atoms with Gasteiger partial charge in [0.05, 0.1) is 11.0 Å². The van der Waals surface area contributed by atoms with Crippen LogP contribution in [0, 0.1) is 10.1 Å². The number of rotatable bonds is 6. The van der Waals surface area contributed by atoms with Gasteiger partial charge in [0, 0.05) is 50.9 Å². The summed E-state index contributed by atoms with van der Waals surface area (Å²) in [6, 6.07) is 12.5. The Bertz CT molecular complexity index is 1000. The Morgan fingerprint density at radius 2 is 1.66 bits per heavy atom. The molecule has 2 heterocycles. The van der Waals surface area contributed by atoms with Crippen LogP contribution in [0.4, 0.5) is 11.4 Å². The van der Waals surface area contributed by atoms with Crippen molar-refractivity contribution in [1.29, 1.82) is 0 Å². The van der Waals surface area contributed by atoms with E-state index < -0.39 is 10.8 Å². The maximum Gasteiger partial charge on any atom is 0.286 e. The molecule has 0 saturated carbocycles. The average Bonchev–Trinajstić information content (AvgIpc) is 2.83. The van der Waals surface area contributed by atoms with E-state index in [1.54, 1.807) is 4.90 Å². The Hall–Kier alpha value is -3.82. The Kier molecular flexibility index (Phi) is 6.39. The number of piperazine rings is 1. The molecule has 1 fully saturated rings. The molecule has 1 N–H and O–H groups in total. The zero-order chi connectivity index (χ0) is 22.5. The standard InChI is InChI=1S/C22H24N4O6/c27-21(25-10-8-24(9-11-25)16-4-2-1-3-5-16)6-7-23-22(28)17-14-19-20(32-13-12-31-19)15-18(17)26(29)30/h1-5,14-15H,6-13H2,(H,23,28). The van der Waals surface area contributed by atoms with Crippen molar-refractivity contribution in [2.75, 3.05) is 50.8 Å². The number of carbonyl (C=O) groups is 2. The van der Waals surface area contributed by atoms with Gasteiger partial charge in [-0.1, -0.05) is 18.2 Å². The molecule has 0 atom stereocenters. The van der Waals surface area contributed by atoms with E-state index in [4.69, 9.17) is 9.47 Å². The molecule has 0 aliphatic carbocycles. The molecule has 4 rings (SSSR count). The molecular weight excluding hydrogens is 416 g/mol. The monoisotopic (exact) mass is 440 g/mol. The third kappa shape index (κ3) is 4.74. The summed E-state index contributed by atoms with van der Waals surface area (Å²) < 4.78 is 10.8. The van der Waals surface area contributed by atoms with Crippen LogP contribution in [0.2, 0.25) is 0 Å². The number of benzene rings is 2. The number of ether oxygens (including phenoxy) is 2. The van der Waals surface area contributed by atoms with Crippen molar-refractivity contribution in [3.8, 4) is 11.5 Å². The van der Waals surface area contributed by atoms with Gasteiger partial charge in [0.2, 0.25) is 5.91 Å².